The number of nitrogens with zero attached hydrogens (tertiary/aromatic N) is 2. The van der Waals surface area contributed by atoms with E-state index in [4.69, 9.17) is 18.9 Å². The van der Waals surface area contributed by atoms with E-state index in [0.29, 0.717) is 46.0 Å². The van der Waals surface area contributed by atoms with Gasteiger partial charge in [-0.25, -0.2) is 0 Å². The number of hydrogen-bond acceptors (Lipinski definition) is 4. The monoisotopic (exact) mass is 468 g/mol. The van der Waals surface area contributed by atoms with E-state index >= 15 is 0 Å². The average molecular weight is 468 g/mol. The van der Waals surface area contributed by atoms with E-state index in [1.807, 2.05) is 48.5 Å². The third-order valence-corrected chi connectivity index (χ3v) is 5.08. The Balaban J connectivity index is 0.00000341. The topological polar surface area (TPSA) is 65.1 Å². The molecule has 0 radical (unpaired) electrons. The minimum absolute atomic E-state index is 0. The van der Waals surface area contributed by atoms with E-state index in [9.17, 15) is 0 Å². The van der Waals surface area contributed by atoms with Crippen molar-refractivity contribution in [2.45, 2.75) is 38.6 Å². The van der Waals surface area contributed by atoms with Crippen molar-refractivity contribution in [2.75, 3.05) is 40.0 Å². The van der Waals surface area contributed by atoms with Crippen LogP contribution in [0.4, 0.5) is 0 Å². The summed E-state index contributed by atoms with van der Waals surface area (Å²) in [6.45, 7) is 5.99. The van der Waals surface area contributed by atoms with Gasteiger partial charge in [-0.05, 0) is 29.7 Å². The molecule has 0 amide bonds. The molecular weight excluding hydrogens is 436 g/mol. The van der Waals surface area contributed by atoms with E-state index in [-0.39, 0.29) is 29.3 Å². The summed E-state index contributed by atoms with van der Waals surface area (Å²) in [6.07, 6.45) is 0.715. The second-order valence-corrected chi connectivity index (χ2v) is 7.27. The summed E-state index contributed by atoms with van der Waals surface area (Å²) in [5.74, 6) is 1.67. The van der Waals surface area contributed by atoms with Gasteiger partial charge in [-0.2, -0.15) is 13.1 Å². The van der Waals surface area contributed by atoms with E-state index < -0.39 is 0 Å². The van der Waals surface area contributed by atoms with Crippen LogP contribution in [0.25, 0.3) is 10.6 Å². The van der Waals surface area contributed by atoms with Gasteiger partial charge in [0.15, 0.2) is 0 Å². The smallest absolute Gasteiger partial charge is 0.660 e. The third-order valence-electron chi connectivity index (χ3n) is 5.08. The number of fused-ring (bicyclic) bond motifs is 2. The van der Waals surface area contributed by atoms with Gasteiger partial charge in [0.1, 0.15) is 30.8 Å². The van der Waals surface area contributed by atoms with Gasteiger partial charge in [0.2, 0.25) is 0 Å². The van der Waals surface area contributed by atoms with E-state index in [1.165, 1.54) is 0 Å². The number of para-hydroxylation sites is 2. The standard InChI is InChI=1S/C24H32N2O4.Fe/c1-3-21(27-2)16-28-22-17-29-23-10-6-4-8-19(23)14-25-12-13-26-15-20-9-5-7-11-24(20)30-18-22;/h4-11,21-22H,3,12-18H2,1-2H3;/q-2;+2. The quantitative estimate of drug-likeness (QED) is 0.597. The number of rotatable bonds is 5. The molecule has 7 heteroatoms. The SMILES string of the molecule is CCC(COC1COc2ccccc2C[N-]CC[N-]Cc2ccccc2OC1)OC.[Fe+2]. The molecule has 0 fully saturated rings. The van der Waals surface area contributed by atoms with Crippen molar-refractivity contribution in [2.24, 2.45) is 0 Å². The molecule has 0 N–H and O–H groups in total. The number of ether oxygens (including phenoxy) is 4. The zero-order valence-corrected chi connectivity index (χ0v) is 19.4. The largest absolute Gasteiger partial charge is 2.00 e. The van der Waals surface area contributed by atoms with E-state index in [2.05, 4.69) is 17.6 Å². The summed E-state index contributed by atoms with van der Waals surface area (Å²) >= 11 is 0. The van der Waals surface area contributed by atoms with Crippen molar-refractivity contribution in [3.8, 4) is 11.5 Å². The molecule has 1 heterocycles. The first-order valence-corrected chi connectivity index (χ1v) is 10.6. The Morgan fingerprint density at radius 1 is 0.903 bits per heavy atom. The molecule has 1 aliphatic heterocycles. The normalized spacial score (nSPS) is 16.8. The second-order valence-electron chi connectivity index (χ2n) is 7.27. The summed E-state index contributed by atoms with van der Waals surface area (Å²) in [7, 11) is 1.71. The van der Waals surface area contributed by atoms with Gasteiger partial charge in [0.05, 0.1) is 12.7 Å². The van der Waals surface area contributed by atoms with Gasteiger partial charge in [-0.1, -0.05) is 43.3 Å². The molecule has 31 heavy (non-hydrogen) atoms. The van der Waals surface area contributed by atoms with E-state index in [1.54, 1.807) is 7.11 Å². The van der Waals surface area contributed by atoms with Crippen LogP contribution in [0.15, 0.2) is 48.5 Å². The molecule has 1 unspecified atom stereocenters. The van der Waals surface area contributed by atoms with Crippen LogP contribution in [0, 0.1) is 0 Å². The third kappa shape index (κ3) is 8.45. The van der Waals surface area contributed by atoms with Crippen LogP contribution < -0.4 is 9.47 Å². The van der Waals surface area contributed by atoms with E-state index in [0.717, 1.165) is 29.0 Å². The fourth-order valence-corrected chi connectivity index (χ4v) is 3.20. The maximum atomic E-state index is 6.13. The van der Waals surface area contributed by atoms with Crippen molar-refractivity contribution in [1.29, 1.82) is 0 Å². The minimum Gasteiger partial charge on any atom is -0.660 e. The Morgan fingerprint density at radius 3 is 1.90 bits per heavy atom. The van der Waals surface area contributed by atoms with Gasteiger partial charge < -0.3 is 29.6 Å². The summed E-state index contributed by atoms with van der Waals surface area (Å²) < 4.78 is 23.8. The summed E-state index contributed by atoms with van der Waals surface area (Å²) in [4.78, 5) is 0. The van der Waals surface area contributed by atoms with Gasteiger partial charge in [-0.15, -0.1) is 13.1 Å². The first-order valence-electron chi connectivity index (χ1n) is 10.6. The van der Waals surface area contributed by atoms with Gasteiger partial charge in [-0.3, -0.25) is 0 Å². The molecule has 170 valence electrons. The van der Waals surface area contributed by atoms with Crippen LogP contribution in [0.3, 0.4) is 0 Å². The molecule has 2 aromatic rings. The molecule has 6 nitrogen and oxygen atoms in total. The summed E-state index contributed by atoms with van der Waals surface area (Å²) in [6, 6.07) is 16.0. The molecule has 1 aliphatic rings. The first kappa shape index (κ1) is 25.7. The predicted molar refractivity (Wildman–Crippen MR) is 119 cm³/mol. The van der Waals surface area contributed by atoms with Crippen LogP contribution in [-0.2, 0) is 39.6 Å². The molecule has 2 aromatic carbocycles. The Kier molecular flexibility index (Phi) is 12.0. The van der Waals surface area contributed by atoms with Crippen molar-refractivity contribution in [1.82, 2.24) is 0 Å². The fourth-order valence-electron chi connectivity index (χ4n) is 3.20. The van der Waals surface area contributed by atoms with Crippen molar-refractivity contribution in [3.05, 3.63) is 70.3 Å². The van der Waals surface area contributed by atoms with Crippen LogP contribution in [0.5, 0.6) is 11.5 Å². The first-order chi connectivity index (χ1) is 14.8. The van der Waals surface area contributed by atoms with Crippen molar-refractivity contribution < 1.29 is 36.0 Å². The molecule has 0 saturated carbocycles. The zero-order valence-electron chi connectivity index (χ0n) is 18.3. The van der Waals surface area contributed by atoms with Crippen LogP contribution in [-0.4, -0.2) is 52.2 Å². The molecule has 0 saturated heterocycles. The number of methoxy groups -OCH3 is 1. The predicted octanol–water partition coefficient (Wildman–Crippen LogP) is 4.71. The van der Waals surface area contributed by atoms with Gasteiger partial charge >= 0.3 is 17.1 Å². The number of hydrogen-bond donors (Lipinski definition) is 0. The summed E-state index contributed by atoms with van der Waals surface area (Å²) in [5.41, 5.74) is 2.14. The Morgan fingerprint density at radius 2 is 1.42 bits per heavy atom. The van der Waals surface area contributed by atoms with Crippen molar-refractivity contribution in [3.63, 3.8) is 0 Å². The average Bonchev–Trinajstić information content (AvgIpc) is 2.79. The van der Waals surface area contributed by atoms with Gasteiger partial charge in [0, 0.05) is 7.11 Å². The maximum absolute atomic E-state index is 6.13. The van der Waals surface area contributed by atoms with Crippen molar-refractivity contribution >= 4 is 0 Å². The minimum atomic E-state index is -0.227. The Hall–Kier alpha value is -1.60. The molecule has 3 rings (SSSR count). The Bertz CT molecular complexity index is 702. The van der Waals surface area contributed by atoms with Crippen LogP contribution in [0.1, 0.15) is 24.5 Å². The molecule has 1 atom stereocenters. The molecule has 0 spiro atoms. The van der Waals surface area contributed by atoms with Crippen LogP contribution >= 0.6 is 0 Å². The maximum Gasteiger partial charge on any atom is 2.00 e. The number of benzene rings is 2. The van der Waals surface area contributed by atoms with Gasteiger partial charge in [0.25, 0.3) is 0 Å². The zero-order chi connectivity index (χ0) is 21.0. The molecule has 0 bridgehead atoms. The molecule has 0 aliphatic carbocycles. The summed E-state index contributed by atoms with van der Waals surface area (Å²) in [5, 5.41) is 9.26. The fraction of sp³-hybridized carbons (Fsp3) is 0.500. The van der Waals surface area contributed by atoms with Crippen LogP contribution in [0.2, 0.25) is 0 Å². The molecule has 0 aromatic heterocycles. The second kappa shape index (κ2) is 14.5. The Labute approximate surface area is 196 Å². The molecular formula is C24H32FeN2O4.